The SMILES string of the molecule is c1ccc(-c2cccc(N(c3cccc(-c4cccc5ccccc45)c3)c3cnc4oc5c6ccccc6ccc5c4c3)c2)cc1. The van der Waals surface area contributed by atoms with Crippen LogP contribution in [0.3, 0.4) is 0 Å². The van der Waals surface area contributed by atoms with Crippen LogP contribution in [0.4, 0.5) is 17.1 Å². The van der Waals surface area contributed by atoms with Crippen molar-refractivity contribution >= 4 is 60.7 Å². The molecule has 0 saturated carbocycles. The third kappa shape index (κ3) is 4.41. The van der Waals surface area contributed by atoms with Crippen LogP contribution >= 0.6 is 0 Å². The van der Waals surface area contributed by atoms with Gasteiger partial charge in [-0.3, -0.25) is 0 Å². The van der Waals surface area contributed by atoms with Gasteiger partial charge < -0.3 is 9.32 Å². The van der Waals surface area contributed by atoms with Crippen molar-refractivity contribution in [3.8, 4) is 22.3 Å². The van der Waals surface area contributed by atoms with E-state index in [0.29, 0.717) is 5.71 Å². The summed E-state index contributed by atoms with van der Waals surface area (Å²) in [6.07, 6.45) is 1.92. The Balaban J connectivity index is 1.26. The Morgan fingerprint density at radius 2 is 1.04 bits per heavy atom. The van der Waals surface area contributed by atoms with E-state index in [4.69, 9.17) is 9.40 Å². The molecule has 3 heteroatoms. The average Bonchev–Trinajstić information content (AvgIpc) is 3.51. The van der Waals surface area contributed by atoms with E-state index in [1.165, 1.54) is 21.9 Å². The molecule has 9 rings (SSSR count). The van der Waals surface area contributed by atoms with Crippen LogP contribution in [0.25, 0.3) is 65.9 Å². The van der Waals surface area contributed by atoms with Gasteiger partial charge in [0.05, 0.1) is 17.3 Å². The van der Waals surface area contributed by atoms with E-state index in [0.717, 1.165) is 55.3 Å². The van der Waals surface area contributed by atoms with Crippen LogP contribution < -0.4 is 4.90 Å². The van der Waals surface area contributed by atoms with E-state index in [-0.39, 0.29) is 0 Å². The van der Waals surface area contributed by atoms with Crippen LogP contribution in [-0.2, 0) is 0 Å². The van der Waals surface area contributed by atoms with Crippen molar-refractivity contribution in [1.82, 2.24) is 4.98 Å². The molecule has 0 N–H and O–H groups in total. The van der Waals surface area contributed by atoms with Crippen molar-refractivity contribution in [1.29, 1.82) is 0 Å². The highest BCUT2D eigenvalue weighted by molar-refractivity contribution is 6.15. The molecular weight excluding hydrogens is 560 g/mol. The van der Waals surface area contributed by atoms with Gasteiger partial charge in [-0.1, -0.05) is 127 Å². The Morgan fingerprint density at radius 1 is 0.413 bits per heavy atom. The molecule has 0 fully saturated rings. The first-order chi connectivity index (χ1) is 22.8. The summed E-state index contributed by atoms with van der Waals surface area (Å²) in [6.45, 7) is 0. The Morgan fingerprint density at radius 3 is 1.87 bits per heavy atom. The Hall–Kier alpha value is -6.19. The molecule has 3 nitrogen and oxygen atoms in total. The molecule has 2 heterocycles. The summed E-state index contributed by atoms with van der Waals surface area (Å²) in [4.78, 5) is 7.19. The smallest absolute Gasteiger partial charge is 0.227 e. The number of furan rings is 1. The predicted octanol–water partition coefficient (Wildman–Crippen LogP) is 12.1. The van der Waals surface area contributed by atoms with Crippen molar-refractivity contribution in [3.05, 3.63) is 170 Å². The first-order valence-corrected chi connectivity index (χ1v) is 15.5. The van der Waals surface area contributed by atoms with Crippen LogP contribution in [0.5, 0.6) is 0 Å². The molecule has 0 aliphatic rings. The molecule has 216 valence electrons. The van der Waals surface area contributed by atoms with E-state index in [1.54, 1.807) is 0 Å². The summed E-state index contributed by atoms with van der Waals surface area (Å²) in [6, 6.07) is 58.0. The van der Waals surface area contributed by atoms with Gasteiger partial charge in [0, 0.05) is 22.1 Å². The van der Waals surface area contributed by atoms with Crippen LogP contribution in [-0.4, -0.2) is 4.98 Å². The fourth-order valence-corrected chi connectivity index (χ4v) is 6.69. The van der Waals surface area contributed by atoms with Crippen LogP contribution in [0.1, 0.15) is 0 Å². The molecule has 0 aliphatic carbocycles. The molecule has 0 amide bonds. The van der Waals surface area contributed by atoms with E-state index >= 15 is 0 Å². The average molecular weight is 589 g/mol. The van der Waals surface area contributed by atoms with Crippen molar-refractivity contribution in [2.45, 2.75) is 0 Å². The topological polar surface area (TPSA) is 29.3 Å². The van der Waals surface area contributed by atoms with Crippen LogP contribution in [0, 0.1) is 0 Å². The minimum absolute atomic E-state index is 0.637. The first-order valence-electron chi connectivity index (χ1n) is 15.5. The van der Waals surface area contributed by atoms with Gasteiger partial charge in [0.15, 0.2) is 0 Å². The van der Waals surface area contributed by atoms with Crippen molar-refractivity contribution in [3.63, 3.8) is 0 Å². The molecule has 0 atom stereocenters. The van der Waals surface area contributed by atoms with Gasteiger partial charge in [-0.05, 0) is 74.8 Å². The normalized spacial score (nSPS) is 11.5. The third-order valence-corrected chi connectivity index (χ3v) is 8.88. The Kier molecular flexibility index (Phi) is 6.14. The zero-order chi connectivity index (χ0) is 30.5. The van der Waals surface area contributed by atoms with E-state index in [2.05, 4.69) is 169 Å². The lowest BCUT2D eigenvalue weighted by Gasteiger charge is -2.26. The molecular formula is C43H28N2O. The number of nitrogens with zero attached hydrogens (tertiary/aromatic N) is 2. The van der Waals surface area contributed by atoms with Crippen molar-refractivity contribution < 1.29 is 4.42 Å². The minimum atomic E-state index is 0.637. The molecule has 0 spiro atoms. The number of benzene rings is 7. The Labute approximate surface area is 266 Å². The van der Waals surface area contributed by atoms with Crippen LogP contribution in [0.15, 0.2) is 174 Å². The molecule has 0 unspecified atom stereocenters. The highest BCUT2D eigenvalue weighted by Gasteiger charge is 2.18. The first kappa shape index (κ1) is 26.2. The quantitative estimate of drug-likeness (QED) is 0.200. The van der Waals surface area contributed by atoms with Gasteiger partial charge in [0.25, 0.3) is 0 Å². The molecule has 2 aromatic heterocycles. The molecule has 0 radical (unpaired) electrons. The summed E-state index contributed by atoms with van der Waals surface area (Å²) in [5.41, 5.74) is 9.27. The van der Waals surface area contributed by atoms with Crippen LogP contribution in [0.2, 0.25) is 0 Å². The maximum Gasteiger partial charge on any atom is 0.227 e. The summed E-state index contributed by atoms with van der Waals surface area (Å²) < 4.78 is 6.38. The monoisotopic (exact) mass is 588 g/mol. The number of fused-ring (bicyclic) bond motifs is 6. The maximum atomic E-state index is 6.38. The van der Waals surface area contributed by atoms with Crippen molar-refractivity contribution in [2.75, 3.05) is 4.90 Å². The molecule has 0 saturated heterocycles. The summed E-state index contributed by atoms with van der Waals surface area (Å²) in [5.74, 6) is 0. The second-order valence-electron chi connectivity index (χ2n) is 11.6. The lowest BCUT2D eigenvalue weighted by Crippen LogP contribution is -2.10. The Bertz CT molecular complexity index is 2540. The number of aromatic nitrogens is 1. The fraction of sp³-hybridized carbons (Fsp3) is 0. The van der Waals surface area contributed by atoms with E-state index in [9.17, 15) is 0 Å². The van der Waals surface area contributed by atoms with Gasteiger partial charge in [0.1, 0.15) is 5.58 Å². The lowest BCUT2D eigenvalue weighted by atomic mass is 9.97. The molecule has 0 bridgehead atoms. The zero-order valence-electron chi connectivity index (χ0n) is 25.0. The maximum absolute atomic E-state index is 6.38. The zero-order valence-corrected chi connectivity index (χ0v) is 25.0. The van der Waals surface area contributed by atoms with E-state index in [1.807, 2.05) is 6.20 Å². The third-order valence-electron chi connectivity index (χ3n) is 8.88. The highest BCUT2D eigenvalue weighted by Crippen LogP contribution is 2.41. The molecule has 9 aromatic rings. The molecule has 7 aromatic carbocycles. The predicted molar refractivity (Wildman–Crippen MR) is 192 cm³/mol. The second-order valence-corrected chi connectivity index (χ2v) is 11.6. The number of anilines is 3. The van der Waals surface area contributed by atoms with Gasteiger partial charge in [-0.15, -0.1) is 0 Å². The molecule has 0 aliphatic heterocycles. The highest BCUT2D eigenvalue weighted by atomic mass is 16.3. The number of hydrogen-bond acceptors (Lipinski definition) is 3. The van der Waals surface area contributed by atoms with E-state index < -0.39 is 0 Å². The number of hydrogen-bond donors (Lipinski definition) is 0. The summed E-state index contributed by atoms with van der Waals surface area (Å²) >= 11 is 0. The number of rotatable bonds is 5. The lowest BCUT2D eigenvalue weighted by molar-refractivity contribution is 0.657. The largest absolute Gasteiger partial charge is 0.437 e. The van der Waals surface area contributed by atoms with Gasteiger partial charge in [0.2, 0.25) is 5.71 Å². The second kappa shape index (κ2) is 10.8. The fourth-order valence-electron chi connectivity index (χ4n) is 6.69. The summed E-state index contributed by atoms with van der Waals surface area (Å²) in [5, 5.41) is 6.76. The summed E-state index contributed by atoms with van der Waals surface area (Å²) in [7, 11) is 0. The van der Waals surface area contributed by atoms with Crippen molar-refractivity contribution in [2.24, 2.45) is 0 Å². The van der Waals surface area contributed by atoms with Gasteiger partial charge >= 0.3 is 0 Å². The van der Waals surface area contributed by atoms with Gasteiger partial charge in [-0.25, -0.2) is 4.98 Å². The molecule has 46 heavy (non-hydrogen) atoms. The number of pyridine rings is 1. The van der Waals surface area contributed by atoms with Gasteiger partial charge in [-0.2, -0.15) is 0 Å². The standard InChI is InChI=1S/C43H28N2O/c1-2-11-29(12-3-1)32-16-8-18-34(25-32)45(35-19-9-17-33(26-35)38-22-10-15-30-13-4-6-20-37(30)38)36-27-41-40-24-23-31-14-5-7-21-39(31)42(40)46-43(41)44-28-36/h1-28H. The minimum Gasteiger partial charge on any atom is -0.437 e.